The smallest absolute Gasteiger partial charge is 0.135 e. The molecule has 4 rings (SSSR count). The monoisotopic (exact) mass is 293 g/mol. The zero-order valence-electron chi connectivity index (χ0n) is 11.7. The lowest BCUT2D eigenvalue weighted by molar-refractivity contribution is 0.669. The van der Waals surface area contributed by atoms with Gasteiger partial charge in [-0.15, -0.1) is 11.3 Å². The van der Waals surface area contributed by atoms with Crippen molar-refractivity contribution < 1.29 is 4.42 Å². The summed E-state index contributed by atoms with van der Waals surface area (Å²) in [6.45, 7) is 3.02. The zero-order valence-corrected chi connectivity index (χ0v) is 12.5. The quantitative estimate of drug-likeness (QED) is 0.534. The Balaban J connectivity index is 1.69. The Hall–Kier alpha value is -2.26. The number of thiophene rings is 1. The molecule has 0 bridgehead atoms. The van der Waals surface area contributed by atoms with Crippen molar-refractivity contribution in [3.63, 3.8) is 0 Å². The fourth-order valence-corrected chi connectivity index (χ4v) is 3.45. The maximum Gasteiger partial charge on any atom is 0.135 e. The second-order valence-corrected chi connectivity index (χ2v) is 6.19. The van der Waals surface area contributed by atoms with E-state index in [1.165, 1.54) is 21.2 Å². The van der Waals surface area contributed by atoms with Crippen molar-refractivity contribution >= 4 is 39.0 Å². The Morgan fingerprint density at radius 3 is 2.71 bits per heavy atom. The number of para-hydroxylation sites is 1. The summed E-state index contributed by atoms with van der Waals surface area (Å²) in [6, 6.07) is 16.6. The molecule has 2 nitrogen and oxygen atoms in total. The molecule has 0 saturated heterocycles. The van der Waals surface area contributed by atoms with Crippen molar-refractivity contribution in [2.75, 3.05) is 5.32 Å². The molecule has 4 aromatic rings. The number of furan rings is 1. The molecule has 0 aliphatic heterocycles. The normalized spacial score (nSPS) is 11.3. The van der Waals surface area contributed by atoms with Crippen molar-refractivity contribution in [1.29, 1.82) is 0 Å². The third-order valence-corrected chi connectivity index (χ3v) is 4.82. The van der Waals surface area contributed by atoms with Gasteiger partial charge in [-0.05, 0) is 48.2 Å². The van der Waals surface area contributed by atoms with Crippen molar-refractivity contribution in [3.05, 3.63) is 64.4 Å². The van der Waals surface area contributed by atoms with Gasteiger partial charge in [0.25, 0.3) is 0 Å². The van der Waals surface area contributed by atoms with Gasteiger partial charge in [-0.1, -0.05) is 18.2 Å². The molecule has 0 atom stereocenters. The first-order chi connectivity index (χ1) is 10.3. The van der Waals surface area contributed by atoms with Gasteiger partial charge >= 0.3 is 0 Å². The van der Waals surface area contributed by atoms with Crippen LogP contribution in [0.15, 0.2) is 58.3 Å². The van der Waals surface area contributed by atoms with E-state index in [1.54, 1.807) is 11.3 Å². The van der Waals surface area contributed by atoms with Crippen LogP contribution in [0.2, 0.25) is 0 Å². The van der Waals surface area contributed by atoms with Gasteiger partial charge in [0.2, 0.25) is 0 Å². The lowest BCUT2D eigenvalue weighted by Crippen LogP contribution is -1.98. The predicted molar refractivity (Wildman–Crippen MR) is 90.1 cm³/mol. The van der Waals surface area contributed by atoms with E-state index < -0.39 is 0 Å². The molecular formula is C18H15NOS. The van der Waals surface area contributed by atoms with Crippen LogP contribution in [-0.4, -0.2) is 0 Å². The van der Waals surface area contributed by atoms with E-state index in [-0.39, 0.29) is 0 Å². The van der Waals surface area contributed by atoms with E-state index in [4.69, 9.17) is 4.42 Å². The van der Waals surface area contributed by atoms with E-state index in [1.807, 2.05) is 24.3 Å². The van der Waals surface area contributed by atoms with Crippen molar-refractivity contribution in [1.82, 2.24) is 0 Å². The first kappa shape index (κ1) is 12.5. The highest BCUT2D eigenvalue weighted by atomic mass is 32.1. The summed E-state index contributed by atoms with van der Waals surface area (Å²) < 4.78 is 5.85. The second-order valence-electron chi connectivity index (χ2n) is 5.19. The maximum absolute atomic E-state index is 5.85. The second kappa shape index (κ2) is 4.93. The van der Waals surface area contributed by atoms with Crippen LogP contribution in [-0.2, 0) is 6.54 Å². The summed E-state index contributed by atoms with van der Waals surface area (Å²) in [4.78, 5) is 1.38. The van der Waals surface area contributed by atoms with Crippen molar-refractivity contribution in [2.45, 2.75) is 13.5 Å². The molecule has 104 valence electrons. The van der Waals surface area contributed by atoms with Gasteiger partial charge in [0.1, 0.15) is 11.2 Å². The molecule has 2 heterocycles. The minimum atomic E-state index is 0.866. The number of fused-ring (bicyclic) bond motifs is 3. The van der Waals surface area contributed by atoms with Crippen LogP contribution >= 0.6 is 11.3 Å². The van der Waals surface area contributed by atoms with E-state index >= 15 is 0 Å². The van der Waals surface area contributed by atoms with Crippen LogP contribution in [0.1, 0.15) is 10.4 Å². The lowest BCUT2D eigenvalue weighted by Gasteiger charge is -2.05. The Bertz CT molecular complexity index is 919. The minimum absolute atomic E-state index is 0.866. The van der Waals surface area contributed by atoms with Crippen LogP contribution in [0, 0.1) is 6.92 Å². The van der Waals surface area contributed by atoms with Gasteiger partial charge in [-0.25, -0.2) is 0 Å². The topological polar surface area (TPSA) is 25.2 Å². The minimum Gasteiger partial charge on any atom is -0.456 e. The number of rotatable bonds is 3. The molecule has 0 spiro atoms. The van der Waals surface area contributed by atoms with Crippen LogP contribution in [0.25, 0.3) is 21.9 Å². The molecule has 0 saturated carbocycles. The Morgan fingerprint density at radius 1 is 1.00 bits per heavy atom. The van der Waals surface area contributed by atoms with Crippen LogP contribution in [0.3, 0.4) is 0 Å². The van der Waals surface area contributed by atoms with Gasteiger partial charge in [0, 0.05) is 27.9 Å². The molecule has 2 aromatic heterocycles. The molecule has 0 amide bonds. The highest BCUT2D eigenvalue weighted by Gasteiger charge is 2.07. The molecule has 0 aliphatic rings. The van der Waals surface area contributed by atoms with Gasteiger partial charge in [-0.2, -0.15) is 0 Å². The predicted octanol–water partition coefficient (Wildman–Crippen LogP) is 5.57. The molecule has 3 heteroatoms. The number of benzene rings is 2. The average Bonchev–Trinajstić information content (AvgIpc) is 3.08. The van der Waals surface area contributed by atoms with Crippen molar-refractivity contribution in [3.8, 4) is 0 Å². The van der Waals surface area contributed by atoms with Gasteiger partial charge in [-0.3, -0.25) is 0 Å². The van der Waals surface area contributed by atoms with Gasteiger partial charge in [0.05, 0.1) is 0 Å². The summed E-state index contributed by atoms with van der Waals surface area (Å²) in [6.07, 6.45) is 0. The fraction of sp³-hybridized carbons (Fsp3) is 0.111. The zero-order chi connectivity index (χ0) is 14.2. The molecule has 21 heavy (non-hydrogen) atoms. The van der Waals surface area contributed by atoms with Crippen molar-refractivity contribution in [2.24, 2.45) is 0 Å². The molecule has 2 aromatic carbocycles. The summed E-state index contributed by atoms with van der Waals surface area (Å²) in [5.74, 6) is 0. The fourth-order valence-electron chi connectivity index (χ4n) is 2.60. The molecule has 1 N–H and O–H groups in total. The van der Waals surface area contributed by atoms with Crippen LogP contribution in [0.4, 0.5) is 5.69 Å². The maximum atomic E-state index is 5.85. The van der Waals surface area contributed by atoms with Crippen LogP contribution < -0.4 is 5.32 Å². The number of aryl methyl sites for hydroxylation is 1. The number of hydrogen-bond donors (Lipinski definition) is 1. The third kappa shape index (κ3) is 2.20. The summed E-state index contributed by atoms with van der Waals surface area (Å²) in [5, 5.41) is 7.98. The highest BCUT2D eigenvalue weighted by Crippen LogP contribution is 2.30. The van der Waals surface area contributed by atoms with E-state index in [9.17, 15) is 0 Å². The third-order valence-electron chi connectivity index (χ3n) is 3.80. The Kier molecular flexibility index (Phi) is 2.93. The average molecular weight is 293 g/mol. The number of hydrogen-bond acceptors (Lipinski definition) is 3. The first-order valence-corrected chi connectivity index (χ1v) is 7.87. The molecule has 0 unspecified atom stereocenters. The molecule has 0 radical (unpaired) electrons. The summed E-state index contributed by atoms with van der Waals surface area (Å²) in [7, 11) is 0. The van der Waals surface area contributed by atoms with Gasteiger partial charge in [0.15, 0.2) is 0 Å². The van der Waals surface area contributed by atoms with Crippen LogP contribution in [0.5, 0.6) is 0 Å². The van der Waals surface area contributed by atoms with Gasteiger partial charge < -0.3 is 9.73 Å². The van der Waals surface area contributed by atoms with E-state index in [0.717, 1.165) is 23.4 Å². The highest BCUT2D eigenvalue weighted by molar-refractivity contribution is 7.10. The van der Waals surface area contributed by atoms with E-state index in [2.05, 4.69) is 41.9 Å². The lowest BCUT2D eigenvalue weighted by atomic mass is 10.1. The SMILES string of the molecule is Cc1ccsc1CNc1ccc2oc3ccccc3c2c1. The molecular weight excluding hydrogens is 278 g/mol. The molecule has 0 aliphatic carbocycles. The Labute approximate surface area is 127 Å². The number of anilines is 1. The standard InChI is InChI=1S/C18H15NOS/c1-12-8-9-21-18(12)11-19-13-6-7-17-15(10-13)14-4-2-3-5-16(14)20-17/h2-10,19H,11H2,1H3. The summed E-state index contributed by atoms with van der Waals surface area (Å²) in [5.41, 5.74) is 4.36. The van der Waals surface area contributed by atoms with E-state index in [0.29, 0.717) is 0 Å². The number of nitrogens with one attached hydrogen (secondary N) is 1. The summed E-state index contributed by atoms with van der Waals surface area (Å²) >= 11 is 1.80. The molecule has 0 fully saturated rings. The Morgan fingerprint density at radius 2 is 1.86 bits per heavy atom. The largest absolute Gasteiger partial charge is 0.456 e. The first-order valence-electron chi connectivity index (χ1n) is 6.99.